The molecule has 0 radical (unpaired) electrons. The Morgan fingerprint density at radius 3 is 2.58 bits per heavy atom. The first-order chi connectivity index (χ1) is 11.5. The molecule has 0 unspecified atom stereocenters. The maximum absolute atomic E-state index is 12.2. The zero-order chi connectivity index (χ0) is 17.7. The van der Waals surface area contributed by atoms with Crippen LogP contribution in [0, 0.1) is 10.1 Å². The number of nitro benzene ring substituents is 1. The minimum atomic E-state index is -0.542. The highest BCUT2D eigenvalue weighted by Crippen LogP contribution is 2.35. The quantitative estimate of drug-likeness (QED) is 0.558. The number of rotatable bonds is 6. The number of ether oxygens (including phenoxy) is 1. The number of likely N-dealkylation sites (N-methyl/N-ethyl adjacent to an activating group) is 1. The third-order valence-electron chi connectivity index (χ3n) is 3.94. The third kappa shape index (κ3) is 3.92. The van der Waals surface area contributed by atoms with Crippen molar-refractivity contribution in [3.63, 3.8) is 0 Å². The van der Waals surface area contributed by atoms with E-state index in [9.17, 15) is 14.9 Å². The molecule has 1 heterocycles. The number of hydrogen-bond acceptors (Lipinski definition) is 7. The smallest absolute Gasteiger partial charge is 0.313 e. The van der Waals surface area contributed by atoms with Gasteiger partial charge in [0.1, 0.15) is 6.61 Å². The van der Waals surface area contributed by atoms with Gasteiger partial charge in [0.2, 0.25) is 0 Å². The predicted octanol–water partition coefficient (Wildman–Crippen LogP) is 0.0773. The number of carbonyl (C=O) groups excluding carboxylic acids is 1. The highest BCUT2D eigenvalue weighted by Gasteiger charge is 2.26. The van der Waals surface area contributed by atoms with Gasteiger partial charge in [-0.2, -0.15) is 0 Å². The summed E-state index contributed by atoms with van der Waals surface area (Å²) in [6, 6.07) is 2.75. The number of amides is 1. The van der Waals surface area contributed by atoms with E-state index < -0.39 is 4.92 Å². The fourth-order valence-electron chi connectivity index (χ4n) is 2.60. The lowest BCUT2D eigenvalue weighted by Gasteiger charge is -2.35. The highest BCUT2D eigenvalue weighted by molar-refractivity contribution is 6.01. The van der Waals surface area contributed by atoms with Crippen LogP contribution in [0.2, 0.25) is 0 Å². The molecule has 1 fully saturated rings. The predicted molar refractivity (Wildman–Crippen MR) is 88.8 cm³/mol. The number of aliphatic hydroxyl groups excluding tert-OH is 1. The van der Waals surface area contributed by atoms with E-state index in [-0.39, 0.29) is 30.6 Å². The van der Waals surface area contributed by atoms with Crippen molar-refractivity contribution in [1.82, 2.24) is 10.2 Å². The van der Waals surface area contributed by atoms with Crippen molar-refractivity contribution in [1.29, 1.82) is 0 Å². The number of anilines is 1. The van der Waals surface area contributed by atoms with Crippen LogP contribution in [0.25, 0.3) is 0 Å². The van der Waals surface area contributed by atoms with Crippen LogP contribution in [0.3, 0.4) is 0 Å². The Morgan fingerprint density at radius 1 is 1.38 bits per heavy atom. The van der Waals surface area contributed by atoms with Crippen molar-refractivity contribution in [2.75, 3.05) is 58.4 Å². The summed E-state index contributed by atoms with van der Waals surface area (Å²) in [4.78, 5) is 27.2. The van der Waals surface area contributed by atoms with Crippen molar-refractivity contribution < 1.29 is 19.6 Å². The molecule has 132 valence electrons. The molecule has 1 aliphatic heterocycles. The van der Waals surface area contributed by atoms with Gasteiger partial charge in [-0.15, -0.1) is 0 Å². The molecule has 1 aromatic carbocycles. The molecule has 2 rings (SSSR count). The number of nitrogens with zero attached hydrogens (tertiary/aromatic N) is 3. The van der Waals surface area contributed by atoms with Crippen molar-refractivity contribution in [3.8, 4) is 5.75 Å². The molecule has 1 aliphatic rings. The number of piperazine rings is 1. The minimum Gasteiger partial charge on any atom is -0.484 e. The maximum Gasteiger partial charge on any atom is 0.313 e. The fourth-order valence-corrected chi connectivity index (χ4v) is 2.60. The molecule has 0 aromatic heterocycles. The lowest BCUT2D eigenvalue weighted by atomic mass is 10.1. The van der Waals surface area contributed by atoms with Gasteiger partial charge in [-0.1, -0.05) is 0 Å². The molecule has 1 saturated heterocycles. The second kappa shape index (κ2) is 7.93. The maximum atomic E-state index is 12.2. The molecule has 0 saturated carbocycles. The molecule has 0 aliphatic carbocycles. The SMILES string of the molecule is CNC(=O)c1cc(OCCO)c([N+](=O)[O-])cc1N1CCN(C)CC1. The fraction of sp³-hybridized carbons (Fsp3) is 0.533. The van der Waals surface area contributed by atoms with Crippen molar-refractivity contribution in [2.24, 2.45) is 0 Å². The summed E-state index contributed by atoms with van der Waals surface area (Å²) >= 11 is 0. The van der Waals surface area contributed by atoms with E-state index in [1.807, 2.05) is 11.9 Å². The summed E-state index contributed by atoms with van der Waals surface area (Å²) in [7, 11) is 3.51. The molecule has 2 N–H and O–H groups in total. The lowest BCUT2D eigenvalue weighted by molar-refractivity contribution is -0.385. The molecule has 9 heteroatoms. The second-order valence-corrected chi connectivity index (χ2v) is 5.54. The Balaban J connectivity index is 2.48. The highest BCUT2D eigenvalue weighted by atomic mass is 16.6. The summed E-state index contributed by atoms with van der Waals surface area (Å²) in [5.41, 5.74) is 0.621. The number of nitro groups is 1. The minimum absolute atomic E-state index is 0.0227. The third-order valence-corrected chi connectivity index (χ3v) is 3.94. The lowest BCUT2D eigenvalue weighted by Crippen LogP contribution is -2.45. The van der Waals surface area contributed by atoms with Gasteiger partial charge < -0.3 is 25.0 Å². The normalized spacial score (nSPS) is 15.2. The van der Waals surface area contributed by atoms with Crippen LogP contribution in [0.15, 0.2) is 12.1 Å². The van der Waals surface area contributed by atoms with E-state index in [1.165, 1.54) is 19.2 Å². The second-order valence-electron chi connectivity index (χ2n) is 5.54. The van der Waals surface area contributed by atoms with E-state index in [0.29, 0.717) is 24.3 Å². The standard InChI is InChI=1S/C15H22N4O5/c1-16-15(21)11-9-14(24-8-7-20)13(19(22)23)10-12(11)18-5-3-17(2)4-6-18/h9-10,20H,3-8H2,1-2H3,(H,16,21). The number of nitrogens with one attached hydrogen (secondary N) is 1. The Bertz CT molecular complexity index is 614. The van der Waals surface area contributed by atoms with Crippen LogP contribution in [-0.2, 0) is 0 Å². The van der Waals surface area contributed by atoms with Gasteiger partial charge in [0.15, 0.2) is 5.75 Å². The van der Waals surface area contributed by atoms with Gasteiger partial charge >= 0.3 is 5.69 Å². The summed E-state index contributed by atoms with van der Waals surface area (Å²) < 4.78 is 5.24. The van der Waals surface area contributed by atoms with Crippen LogP contribution >= 0.6 is 0 Å². The first kappa shape index (κ1) is 18.0. The van der Waals surface area contributed by atoms with Crippen LogP contribution < -0.4 is 15.0 Å². The molecule has 1 amide bonds. The molecule has 1 aromatic rings. The number of carbonyl (C=O) groups is 1. The van der Waals surface area contributed by atoms with E-state index in [1.54, 1.807) is 0 Å². The summed E-state index contributed by atoms with van der Waals surface area (Å²) in [6.45, 7) is 2.62. The topological polar surface area (TPSA) is 108 Å². The molecule has 0 bridgehead atoms. The van der Waals surface area contributed by atoms with Crippen molar-refractivity contribution >= 4 is 17.3 Å². The zero-order valence-electron chi connectivity index (χ0n) is 13.8. The molecule has 0 spiro atoms. The van der Waals surface area contributed by atoms with Crippen LogP contribution in [0.4, 0.5) is 11.4 Å². The number of hydrogen-bond donors (Lipinski definition) is 2. The number of aliphatic hydroxyl groups is 1. The Labute approximate surface area is 140 Å². The molecular formula is C15H22N4O5. The summed E-state index contributed by atoms with van der Waals surface area (Å²) in [5.74, 6) is -0.363. The van der Waals surface area contributed by atoms with E-state index in [2.05, 4.69) is 10.2 Å². The van der Waals surface area contributed by atoms with Crippen molar-refractivity contribution in [2.45, 2.75) is 0 Å². The molecular weight excluding hydrogens is 316 g/mol. The van der Waals surface area contributed by atoms with E-state index >= 15 is 0 Å². The van der Waals surface area contributed by atoms with Gasteiger partial charge in [-0.25, -0.2) is 0 Å². The van der Waals surface area contributed by atoms with Gasteiger partial charge in [-0.3, -0.25) is 14.9 Å². The van der Waals surface area contributed by atoms with E-state index in [4.69, 9.17) is 9.84 Å². The first-order valence-electron chi connectivity index (χ1n) is 7.69. The average Bonchev–Trinajstić information content (AvgIpc) is 2.59. The zero-order valence-corrected chi connectivity index (χ0v) is 13.8. The molecule has 9 nitrogen and oxygen atoms in total. The number of benzene rings is 1. The molecule has 0 atom stereocenters. The van der Waals surface area contributed by atoms with Crippen LogP contribution in [-0.4, -0.2) is 74.3 Å². The van der Waals surface area contributed by atoms with Gasteiger partial charge in [0, 0.05) is 45.4 Å². The van der Waals surface area contributed by atoms with Crippen molar-refractivity contribution in [3.05, 3.63) is 27.8 Å². The summed E-state index contributed by atoms with van der Waals surface area (Å²) in [6.07, 6.45) is 0. The van der Waals surface area contributed by atoms with Crippen LogP contribution in [0.1, 0.15) is 10.4 Å². The first-order valence-corrected chi connectivity index (χ1v) is 7.69. The Morgan fingerprint density at radius 2 is 2.04 bits per heavy atom. The van der Waals surface area contributed by atoms with E-state index in [0.717, 1.165) is 13.1 Å². The van der Waals surface area contributed by atoms with Crippen LogP contribution in [0.5, 0.6) is 5.75 Å². The molecule has 24 heavy (non-hydrogen) atoms. The van der Waals surface area contributed by atoms with Gasteiger partial charge in [0.05, 0.1) is 22.8 Å². The summed E-state index contributed by atoms with van der Waals surface area (Å²) in [5, 5.41) is 22.8. The largest absolute Gasteiger partial charge is 0.484 e. The van der Waals surface area contributed by atoms with Gasteiger partial charge in [-0.05, 0) is 7.05 Å². The average molecular weight is 338 g/mol. The Kier molecular flexibility index (Phi) is 5.93. The Hall–Kier alpha value is -2.39. The van der Waals surface area contributed by atoms with Gasteiger partial charge in [0.25, 0.3) is 5.91 Å². The monoisotopic (exact) mass is 338 g/mol.